The lowest BCUT2D eigenvalue weighted by Gasteiger charge is -2.38. The van der Waals surface area contributed by atoms with Gasteiger partial charge in [-0.05, 0) is 97.1 Å². The molecule has 62 heavy (non-hydrogen) atoms. The Hall–Kier alpha value is -4.83. The first-order valence-electron chi connectivity index (χ1n) is 21.9. The second kappa shape index (κ2) is 19.7. The normalized spacial score (nSPS) is 16.4. The summed E-state index contributed by atoms with van der Waals surface area (Å²) in [7, 11) is 0. The number of alkyl halides is 6. The van der Waals surface area contributed by atoms with E-state index in [1.165, 1.54) is 33.1 Å². The molecule has 0 bridgehead atoms. The third-order valence-electron chi connectivity index (χ3n) is 12.2. The Kier molecular flexibility index (Phi) is 15.3. The average molecular weight is 879 g/mol. The van der Waals surface area contributed by atoms with Crippen LogP contribution in [0.15, 0.2) is 29.1 Å². The van der Waals surface area contributed by atoms with E-state index in [9.17, 15) is 50.3 Å². The number of benzene rings is 2. The maximum Gasteiger partial charge on any atom is 0.417 e. The zero-order valence-electron chi connectivity index (χ0n) is 36.8. The molecule has 0 radical (unpaired) electrons. The average Bonchev–Trinajstić information content (AvgIpc) is 3.66. The molecule has 6 rings (SSSR count). The number of hydrogen-bond donors (Lipinski definition) is 1. The molecule has 3 aromatic rings. The number of likely N-dealkylation sites (N-methyl/N-ethyl adjacent to an activating group) is 1. The number of anilines is 1. The maximum absolute atomic E-state index is 14.2. The second-order valence-corrected chi connectivity index (χ2v) is 17.1. The Labute approximate surface area is 358 Å². The fourth-order valence-corrected chi connectivity index (χ4v) is 9.46. The molecule has 2 heterocycles. The van der Waals surface area contributed by atoms with Gasteiger partial charge in [0.1, 0.15) is 0 Å². The molecule has 1 aromatic heterocycles. The van der Waals surface area contributed by atoms with Crippen molar-refractivity contribution in [2.45, 2.75) is 169 Å². The van der Waals surface area contributed by atoms with Crippen LogP contribution in [0.4, 0.5) is 32.0 Å². The van der Waals surface area contributed by atoms with Crippen molar-refractivity contribution in [3.63, 3.8) is 0 Å². The van der Waals surface area contributed by atoms with Gasteiger partial charge >= 0.3 is 18.0 Å². The summed E-state index contributed by atoms with van der Waals surface area (Å²) < 4.78 is 86.6. The number of rotatable bonds is 11. The van der Waals surface area contributed by atoms with Crippen LogP contribution < -0.4 is 15.9 Å². The second-order valence-electron chi connectivity index (χ2n) is 17.1. The molecule has 11 nitrogen and oxygen atoms in total. The van der Waals surface area contributed by atoms with E-state index in [1.54, 1.807) is 23.6 Å². The van der Waals surface area contributed by atoms with Gasteiger partial charge in [0.25, 0.3) is 11.8 Å². The van der Waals surface area contributed by atoms with Gasteiger partial charge in [0.05, 0.1) is 39.7 Å². The summed E-state index contributed by atoms with van der Waals surface area (Å²) in [6.07, 6.45) is -0.232. The van der Waals surface area contributed by atoms with Gasteiger partial charge in [0, 0.05) is 63.0 Å². The number of imidazole rings is 1. The number of aryl methyl sites for hydroxylation is 1. The number of aromatic nitrogens is 2. The summed E-state index contributed by atoms with van der Waals surface area (Å²) in [5.74, 6) is -1.76. The van der Waals surface area contributed by atoms with Gasteiger partial charge < -0.3 is 20.0 Å². The summed E-state index contributed by atoms with van der Waals surface area (Å²) in [6, 6.07) is 3.79. The highest BCUT2D eigenvalue weighted by Gasteiger charge is 2.42. The molecule has 2 aliphatic carbocycles. The Bertz CT molecular complexity index is 2180. The molecule has 2 aromatic carbocycles. The third-order valence-corrected chi connectivity index (χ3v) is 12.2. The van der Waals surface area contributed by atoms with Crippen molar-refractivity contribution in [2.24, 2.45) is 0 Å². The Morgan fingerprint density at radius 1 is 0.694 bits per heavy atom. The van der Waals surface area contributed by atoms with Crippen molar-refractivity contribution in [3.8, 4) is 0 Å². The molecule has 4 amide bonds. The standard InChI is InChI=1S/C24H33F3N4O3.C21H27F3N2O2/c1-5-29-21-14-19(24(25,26)27)18(13-20(21)30(23(29)34)12-11-28-16(4)32)22(33)31(15(2)3)17-9-7-6-8-10-17;1-4-25-18-12-17(21(22,23)24)16(10-14(18)11-19(25)27)20(28)26(13(2)3)15-8-6-5-7-9-15/h13-15,17H,5-12H2,1-4H3,(H,28,32);10,12-13,15H,4-9,11H2,1-3H3. The summed E-state index contributed by atoms with van der Waals surface area (Å²) in [5.41, 5.74) is -2.11. The number of amides is 4. The van der Waals surface area contributed by atoms with Crippen LogP contribution in [0.25, 0.3) is 11.0 Å². The molecule has 3 aliphatic rings. The topological polar surface area (TPSA) is 117 Å². The molecule has 0 unspecified atom stereocenters. The highest BCUT2D eigenvalue weighted by atomic mass is 19.4. The fraction of sp³-hybridized carbons (Fsp3) is 0.622. The number of nitrogens with zero attached hydrogens (tertiary/aromatic N) is 5. The SMILES string of the molecule is CCN1C(=O)Cc2cc(C(=O)N(C(C)C)C3CCCCC3)c(C(F)(F)F)cc21.CCn1c(=O)n(CCNC(C)=O)c2cc(C(=O)N(C(C)C)C3CCCCC3)c(C(F)(F)F)cc21. The van der Waals surface area contributed by atoms with Gasteiger partial charge in [-0.1, -0.05) is 38.5 Å². The van der Waals surface area contributed by atoms with Gasteiger partial charge in [-0.15, -0.1) is 0 Å². The van der Waals surface area contributed by atoms with Gasteiger partial charge in [-0.3, -0.25) is 28.3 Å². The monoisotopic (exact) mass is 878 g/mol. The summed E-state index contributed by atoms with van der Waals surface area (Å²) >= 11 is 0. The van der Waals surface area contributed by atoms with Crippen molar-refractivity contribution >= 4 is 40.3 Å². The van der Waals surface area contributed by atoms with E-state index >= 15 is 0 Å². The number of hydrogen-bond acceptors (Lipinski definition) is 5. The van der Waals surface area contributed by atoms with Crippen LogP contribution in [0, 0.1) is 0 Å². The number of halogens is 6. The minimum Gasteiger partial charge on any atom is -0.355 e. The molecule has 1 N–H and O–H groups in total. The highest BCUT2D eigenvalue weighted by Crippen LogP contribution is 2.41. The summed E-state index contributed by atoms with van der Waals surface area (Å²) in [6.45, 7) is 12.8. The van der Waals surface area contributed by atoms with Crippen LogP contribution in [0.2, 0.25) is 0 Å². The van der Waals surface area contributed by atoms with Crippen LogP contribution in [-0.4, -0.2) is 79.8 Å². The van der Waals surface area contributed by atoms with Crippen molar-refractivity contribution in [2.75, 3.05) is 18.0 Å². The highest BCUT2D eigenvalue weighted by molar-refractivity contribution is 6.04. The molecule has 2 saturated carbocycles. The molecule has 0 atom stereocenters. The minimum atomic E-state index is -4.76. The Morgan fingerprint density at radius 2 is 1.16 bits per heavy atom. The molecule has 0 saturated heterocycles. The minimum absolute atomic E-state index is 0.0344. The third kappa shape index (κ3) is 10.3. The van der Waals surface area contributed by atoms with Crippen molar-refractivity contribution in [1.29, 1.82) is 0 Å². The smallest absolute Gasteiger partial charge is 0.355 e. The number of carbonyl (C=O) groups excluding carboxylic acids is 4. The lowest BCUT2D eigenvalue weighted by molar-refractivity contribution is -0.138. The Morgan fingerprint density at radius 3 is 1.60 bits per heavy atom. The lowest BCUT2D eigenvalue weighted by Crippen LogP contribution is -2.46. The fourth-order valence-electron chi connectivity index (χ4n) is 9.46. The maximum atomic E-state index is 14.2. The van der Waals surface area contributed by atoms with E-state index in [0.717, 1.165) is 76.3 Å². The molecule has 342 valence electrons. The number of fused-ring (bicyclic) bond motifs is 2. The predicted molar refractivity (Wildman–Crippen MR) is 225 cm³/mol. The summed E-state index contributed by atoms with van der Waals surface area (Å²) in [5, 5.41) is 2.60. The van der Waals surface area contributed by atoms with Gasteiger partial charge in [-0.2, -0.15) is 26.3 Å². The number of nitrogens with one attached hydrogen (secondary N) is 1. The first kappa shape index (κ1) is 48.2. The van der Waals surface area contributed by atoms with Crippen molar-refractivity contribution in [1.82, 2.24) is 24.3 Å². The quantitative estimate of drug-likeness (QED) is 0.193. The van der Waals surface area contributed by atoms with E-state index < -0.39 is 46.5 Å². The number of carbonyl (C=O) groups is 4. The van der Waals surface area contributed by atoms with Gasteiger partial charge in [0.15, 0.2) is 0 Å². The summed E-state index contributed by atoms with van der Waals surface area (Å²) in [4.78, 5) is 67.9. The van der Waals surface area contributed by atoms with Crippen molar-refractivity contribution < 1.29 is 45.5 Å². The van der Waals surface area contributed by atoms with Gasteiger partial charge in [0.2, 0.25) is 11.8 Å². The van der Waals surface area contributed by atoms with E-state index in [2.05, 4.69) is 5.32 Å². The molecular weight excluding hydrogens is 819 g/mol. The zero-order valence-corrected chi connectivity index (χ0v) is 36.8. The van der Waals surface area contributed by atoms with Crippen LogP contribution in [-0.2, 0) is 41.5 Å². The molecule has 17 heteroatoms. The molecule has 0 spiro atoms. The van der Waals surface area contributed by atoms with Crippen LogP contribution in [0.1, 0.15) is 150 Å². The van der Waals surface area contributed by atoms with Crippen molar-refractivity contribution in [3.05, 3.63) is 62.6 Å². The molecule has 1 aliphatic heterocycles. The Balaban J connectivity index is 0.000000238. The van der Waals surface area contributed by atoms with Crippen LogP contribution in [0.3, 0.4) is 0 Å². The largest absolute Gasteiger partial charge is 0.417 e. The molecule has 2 fully saturated rings. The van der Waals surface area contributed by atoms with Crippen LogP contribution in [0.5, 0.6) is 0 Å². The first-order valence-corrected chi connectivity index (χ1v) is 21.9. The zero-order chi connectivity index (χ0) is 45.8. The predicted octanol–water partition coefficient (Wildman–Crippen LogP) is 8.96. The van der Waals surface area contributed by atoms with E-state index in [0.29, 0.717) is 12.1 Å². The van der Waals surface area contributed by atoms with E-state index in [1.807, 2.05) is 27.7 Å². The van der Waals surface area contributed by atoms with Gasteiger partial charge in [-0.25, -0.2) is 4.79 Å². The molecular formula is C45H60F6N6O5. The van der Waals surface area contributed by atoms with Crippen LogP contribution >= 0.6 is 0 Å². The first-order chi connectivity index (χ1) is 29.1. The van der Waals surface area contributed by atoms with E-state index in [-0.39, 0.29) is 84.3 Å². The van der Waals surface area contributed by atoms with E-state index in [4.69, 9.17) is 0 Å². The lowest BCUT2D eigenvalue weighted by atomic mass is 9.92.